The number of nitrogens with one attached hydrogen (secondary N) is 1. The first-order valence-corrected chi connectivity index (χ1v) is 4.22. The first-order valence-electron chi connectivity index (χ1n) is 4.22. The molecule has 4 heteroatoms. The van der Waals surface area contributed by atoms with Crippen molar-refractivity contribution < 1.29 is 0 Å². The zero-order chi connectivity index (χ0) is 9.31. The second-order valence-electron chi connectivity index (χ2n) is 3.58. The average Bonchev–Trinajstić information content (AvgIpc) is 2.84. The van der Waals surface area contributed by atoms with Crippen molar-refractivity contribution in [1.82, 2.24) is 9.97 Å². The largest absolute Gasteiger partial charge is 0.364 e. The number of hydrogen-bond acceptors (Lipinski definition) is 4. The molecule has 1 heterocycles. The van der Waals surface area contributed by atoms with Crippen LogP contribution in [0.2, 0.25) is 0 Å². The smallest absolute Gasteiger partial charge is 0.147 e. The van der Waals surface area contributed by atoms with Gasteiger partial charge in [-0.1, -0.05) is 0 Å². The lowest BCUT2D eigenvalue weighted by atomic mass is 10.3. The first kappa shape index (κ1) is 7.99. The van der Waals surface area contributed by atoms with Crippen LogP contribution in [0, 0.1) is 11.3 Å². The highest BCUT2D eigenvalue weighted by Gasteiger charge is 2.37. The predicted octanol–water partition coefficient (Wildman–Crippen LogP) is 1.31. The van der Waals surface area contributed by atoms with Crippen molar-refractivity contribution in [3.63, 3.8) is 0 Å². The highest BCUT2D eigenvalue weighted by Crippen LogP contribution is 2.37. The molecule has 1 aromatic heterocycles. The molecule has 0 bridgehead atoms. The van der Waals surface area contributed by atoms with Gasteiger partial charge < -0.3 is 5.32 Å². The molecule has 0 radical (unpaired) electrons. The number of rotatable bonds is 2. The van der Waals surface area contributed by atoms with Crippen LogP contribution in [0.4, 0.5) is 5.82 Å². The summed E-state index contributed by atoms with van der Waals surface area (Å²) in [5, 5.41) is 12.0. The van der Waals surface area contributed by atoms with Gasteiger partial charge in [-0.05, 0) is 19.8 Å². The van der Waals surface area contributed by atoms with Crippen molar-refractivity contribution in [2.24, 2.45) is 0 Å². The van der Waals surface area contributed by atoms with Crippen molar-refractivity contribution in [2.75, 3.05) is 5.32 Å². The van der Waals surface area contributed by atoms with Crippen LogP contribution in [0.5, 0.6) is 0 Å². The standard InChI is InChI=1S/C9H10N4/c1-9(2-3-9)13-8-7(4-10)5-11-6-12-8/h5-6H,2-3H2,1H3,(H,11,12,13). The van der Waals surface area contributed by atoms with Gasteiger partial charge in [0.2, 0.25) is 0 Å². The van der Waals surface area contributed by atoms with Crippen molar-refractivity contribution in [3.05, 3.63) is 18.1 Å². The molecule has 1 fully saturated rings. The fourth-order valence-electron chi connectivity index (χ4n) is 1.11. The fraction of sp³-hybridized carbons (Fsp3) is 0.444. The summed E-state index contributed by atoms with van der Waals surface area (Å²) in [5.74, 6) is 0.650. The molecule has 0 saturated heterocycles. The van der Waals surface area contributed by atoms with E-state index in [9.17, 15) is 0 Å². The maximum Gasteiger partial charge on any atom is 0.147 e. The molecule has 1 aliphatic rings. The monoisotopic (exact) mass is 174 g/mol. The lowest BCUT2D eigenvalue weighted by Crippen LogP contribution is -2.17. The first-order chi connectivity index (χ1) is 6.23. The SMILES string of the molecule is CC1(Nc2ncncc2C#N)CC1. The Morgan fingerprint density at radius 3 is 3.00 bits per heavy atom. The Morgan fingerprint density at radius 1 is 1.62 bits per heavy atom. The molecule has 0 aromatic carbocycles. The zero-order valence-corrected chi connectivity index (χ0v) is 7.41. The molecule has 4 nitrogen and oxygen atoms in total. The van der Waals surface area contributed by atoms with Gasteiger partial charge in [-0.3, -0.25) is 0 Å². The number of anilines is 1. The van der Waals surface area contributed by atoms with Crippen LogP contribution in [0.25, 0.3) is 0 Å². The highest BCUT2D eigenvalue weighted by molar-refractivity contribution is 5.52. The van der Waals surface area contributed by atoms with Crippen LogP contribution >= 0.6 is 0 Å². The van der Waals surface area contributed by atoms with E-state index in [0.29, 0.717) is 11.4 Å². The molecule has 0 aliphatic heterocycles. The summed E-state index contributed by atoms with van der Waals surface area (Å²) < 4.78 is 0. The van der Waals surface area contributed by atoms with Gasteiger partial charge in [0.05, 0.1) is 6.20 Å². The Morgan fingerprint density at radius 2 is 2.38 bits per heavy atom. The van der Waals surface area contributed by atoms with Crippen LogP contribution in [-0.2, 0) is 0 Å². The second-order valence-corrected chi connectivity index (χ2v) is 3.58. The van der Waals surface area contributed by atoms with Crippen molar-refractivity contribution >= 4 is 5.82 Å². The molecule has 0 unspecified atom stereocenters. The number of aromatic nitrogens is 2. The minimum Gasteiger partial charge on any atom is -0.364 e. The number of hydrogen-bond donors (Lipinski definition) is 1. The molecule has 1 aromatic rings. The number of nitrogens with zero attached hydrogens (tertiary/aromatic N) is 3. The van der Waals surface area contributed by atoms with Gasteiger partial charge in [0.1, 0.15) is 23.8 Å². The van der Waals surface area contributed by atoms with E-state index in [2.05, 4.69) is 28.3 Å². The average molecular weight is 174 g/mol. The summed E-state index contributed by atoms with van der Waals surface area (Å²) in [4.78, 5) is 7.82. The van der Waals surface area contributed by atoms with Crippen LogP contribution in [0.3, 0.4) is 0 Å². The Hall–Kier alpha value is -1.63. The van der Waals surface area contributed by atoms with Gasteiger partial charge in [-0.15, -0.1) is 0 Å². The summed E-state index contributed by atoms with van der Waals surface area (Å²) in [7, 11) is 0. The molecule has 2 rings (SSSR count). The highest BCUT2D eigenvalue weighted by atomic mass is 15.1. The van der Waals surface area contributed by atoms with E-state index in [4.69, 9.17) is 5.26 Å². The van der Waals surface area contributed by atoms with E-state index in [1.807, 2.05) is 0 Å². The number of nitriles is 1. The lowest BCUT2D eigenvalue weighted by molar-refractivity contribution is 0.818. The summed E-state index contributed by atoms with van der Waals surface area (Å²) in [6.45, 7) is 2.12. The van der Waals surface area contributed by atoms with Crippen LogP contribution < -0.4 is 5.32 Å². The Labute approximate surface area is 76.6 Å². The Kier molecular flexibility index (Phi) is 1.66. The Balaban J connectivity index is 2.25. The van der Waals surface area contributed by atoms with Crippen molar-refractivity contribution in [3.8, 4) is 6.07 Å². The van der Waals surface area contributed by atoms with Crippen molar-refractivity contribution in [2.45, 2.75) is 25.3 Å². The summed E-state index contributed by atoms with van der Waals surface area (Å²) >= 11 is 0. The van der Waals surface area contributed by atoms with Gasteiger partial charge in [0, 0.05) is 5.54 Å². The van der Waals surface area contributed by atoms with Gasteiger partial charge in [-0.2, -0.15) is 5.26 Å². The third-order valence-corrected chi connectivity index (χ3v) is 2.25. The maximum absolute atomic E-state index is 8.77. The topological polar surface area (TPSA) is 61.6 Å². The summed E-state index contributed by atoms with van der Waals surface area (Å²) in [6, 6.07) is 2.06. The van der Waals surface area contributed by atoms with Crippen molar-refractivity contribution in [1.29, 1.82) is 5.26 Å². The normalized spacial score (nSPS) is 17.5. The fourth-order valence-corrected chi connectivity index (χ4v) is 1.11. The third-order valence-electron chi connectivity index (χ3n) is 2.25. The summed E-state index contributed by atoms with van der Waals surface area (Å²) in [5.41, 5.74) is 0.663. The van der Waals surface area contributed by atoms with Gasteiger partial charge in [-0.25, -0.2) is 9.97 Å². The molecule has 1 N–H and O–H groups in total. The molecule has 13 heavy (non-hydrogen) atoms. The molecule has 66 valence electrons. The van der Waals surface area contributed by atoms with E-state index < -0.39 is 0 Å². The third kappa shape index (κ3) is 1.59. The van der Waals surface area contributed by atoms with Crippen LogP contribution in [0.1, 0.15) is 25.3 Å². The van der Waals surface area contributed by atoms with Crippen LogP contribution in [0.15, 0.2) is 12.5 Å². The van der Waals surface area contributed by atoms with Crippen LogP contribution in [-0.4, -0.2) is 15.5 Å². The molecule has 0 atom stereocenters. The van der Waals surface area contributed by atoms with E-state index in [1.165, 1.54) is 12.5 Å². The zero-order valence-electron chi connectivity index (χ0n) is 7.41. The minimum atomic E-state index is 0.153. The van der Waals surface area contributed by atoms with Gasteiger partial charge >= 0.3 is 0 Å². The molecule has 1 aliphatic carbocycles. The Bertz CT molecular complexity index is 362. The van der Waals surface area contributed by atoms with E-state index >= 15 is 0 Å². The summed E-state index contributed by atoms with van der Waals surface area (Å²) in [6.07, 6.45) is 5.26. The van der Waals surface area contributed by atoms with E-state index in [-0.39, 0.29) is 5.54 Å². The van der Waals surface area contributed by atoms with E-state index in [0.717, 1.165) is 12.8 Å². The lowest BCUT2D eigenvalue weighted by Gasteiger charge is -2.12. The van der Waals surface area contributed by atoms with Gasteiger partial charge in [0.15, 0.2) is 0 Å². The molecule has 0 spiro atoms. The van der Waals surface area contributed by atoms with E-state index in [1.54, 1.807) is 0 Å². The molecular weight excluding hydrogens is 164 g/mol. The molecular formula is C9H10N4. The molecule has 0 amide bonds. The second kappa shape index (κ2) is 2.70. The minimum absolute atomic E-state index is 0.153. The van der Waals surface area contributed by atoms with Gasteiger partial charge in [0.25, 0.3) is 0 Å². The maximum atomic E-state index is 8.77. The quantitative estimate of drug-likeness (QED) is 0.734. The predicted molar refractivity (Wildman–Crippen MR) is 48.0 cm³/mol. The molecule has 1 saturated carbocycles.